The maximum Gasteiger partial charge on any atom is 0.228 e. The molecule has 0 aliphatic carbocycles. The number of aromatic nitrogens is 2. The predicted octanol–water partition coefficient (Wildman–Crippen LogP) is 1.81. The molecule has 0 amide bonds. The summed E-state index contributed by atoms with van der Waals surface area (Å²) in [6.07, 6.45) is 1.54. The van der Waals surface area contributed by atoms with Crippen LogP contribution < -0.4 is 10.5 Å². The molecule has 1 aromatic heterocycles. The van der Waals surface area contributed by atoms with Crippen molar-refractivity contribution in [2.45, 2.75) is 19.8 Å². The molecule has 5 heteroatoms. The molecule has 5 nitrogen and oxygen atoms in total. The average Bonchev–Trinajstić information content (AvgIpc) is 2.87. The summed E-state index contributed by atoms with van der Waals surface area (Å²) in [7, 11) is 1.63. The first kappa shape index (κ1) is 12.6. The van der Waals surface area contributed by atoms with E-state index in [1.807, 2.05) is 18.2 Å². The Labute approximate surface area is 106 Å². The molecule has 2 aromatic rings. The largest absolute Gasteiger partial charge is 0.496 e. The molecule has 1 aromatic carbocycles. The molecule has 1 heterocycles. The highest BCUT2D eigenvalue weighted by molar-refractivity contribution is 5.64. The maximum atomic E-state index is 5.46. The van der Waals surface area contributed by atoms with Crippen molar-refractivity contribution in [3.05, 3.63) is 29.7 Å². The van der Waals surface area contributed by atoms with Crippen LogP contribution in [0, 0.1) is 0 Å². The minimum absolute atomic E-state index is 0.494. The number of aryl methyl sites for hydroxylation is 1. The van der Waals surface area contributed by atoms with Gasteiger partial charge in [-0.05, 0) is 24.1 Å². The predicted molar refractivity (Wildman–Crippen MR) is 68.4 cm³/mol. The van der Waals surface area contributed by atoms with Crippen LogP contribution in [0.4, 0.5) is 0 Å². The van der Waals surface area contributed by atoms with E-state index in [0.29, 0.717) is 24.7 Å². The Kier molecular flexibility index (Phi) is 3.94. The third-order valence-electron chi connectivity index (χ3n) is 2.74. The second-order valence-electron chi connectivity index (χ2n) is 3.94. The molecule has 0 saturated carbocycles. The first-order chi connectivity index (χ1) is 8.78. The second-order valence-corrected chi connectivity index (χ2v) is 3.94. The molecule has 0 atom stereocenters. The summed E-state index contributed by atoms with van der Waals surface area (Å²) in [5, 5.41) is 3.97. The number of rotatable bonds is 5. The Bertz CT molecular complexity index is 523. The minimum Gasteiger partial charge on any atom is -0.496 e. The van der Waals surface area contributed by atoms with Crippen molar-refractivity contribution in [2.75, 3.05) is 13.7 Å². The fraction of sp³-hybridized carbons (Fsp3) is 0.385. The molecule has 0 saturated heterocycles. The van der Waals surface area contributed by atoms with Gasteiger partial charge in [-0.2, -0.15) is 4.98 Å². The van der Waals surface area contributed by atoms with Gasteiger partial charge in [0.15, 0.2) is 0 Å². The molecule has 0 unspecified atom stereocenters. The smallest absolute Gasteiger partial charge is 0.228 e. The molecule has 2 N–H and O–H groups in total. The average molecular weight is 247 g/mol. The summed E-state index contributed by atoms with van der Waals surface area (Å²) in [5.41, 5.74) is 7.51. The number of nitrogens with two attached hydrogens (primary N) is 1. The van der Waals surface area contributed by atoms with Gasteiger partial charge in [0.25, 0.3) is 0 Å². The summed E-state index contributed by atoms with van der Waals surface area (Å²) in [6.45, 7) is 2.59. The Morgan fingerprint density at radius 2 is 2.22 bits per heavy atom. The van der Waals surface area contributed by atoms with Gasteiger partial charge in [0.1, 0.15) is 5.75 Å². The van der Waals surface area contributed by atoms with Crippen LogP contribution in [0.25, 0.3) is 11.4 Å². The molecule has 0 bridgehead atoms. The molecular formula is C13H17N3O2. The Morgan fingerprint density at radius 3 is 2.89 bits per heavy atom. The Morgan fingerprint density at radius 1 is 1.39 bits per heavy atom. The Hall–Kier alpha value is -1.88. The molecule has 0 aliphatic rings. The zero-order chi connectivity index (χ0) is 13.0. The molecule has 96 valence electrons. The lowest BCUT2D eigenvalue weighted by Crippen LogP contribution is -2.02. The number of nitrogens with zero attached hydrogens (tertiary/aromatic N) is 2. The standard InChI is InChI=1S/C13H17N3O2/c1-3-9-4-5-11(17-2)10(8-9)13-15-12(6-7-14)18-16-13/h4-5,8H,3,6-7,14H2,1-2H3. The summed E-state index contributed by atoms with van der Waals surface area (Å²) in [6, 6.07) is 5.98. The van der Waals surface area contributed by atoms with Gasteiger partial charge in [0.2, 0.25) is 11.7 Å². The number of hydrogen-bond acceptors (Lipinski definition) is 5. The van der Waals surface area contributed by atoms with Gasteiger partial charge in [0.05, 0.1) is 12.7 Å². The number of ether oxygens (including phenoxy) is 1. The quantitative estimate of drug-likeness (QED) is 0.872. The summed E-state index contributed by atoms with van der Waals surface area (Å²) in [5.74, 6) is 1.84. The normalized spacial score (nSPS) is 10.6. The highest BCUT2D eigenvalue weighted by Gasteiger charge is 2.13. The van der Waals surface area contributed by atoms with Gasteiger partial charge in [-0.3, -0.25) is 0 Å². The van der Waals surface area contributed by atoms with E-state index in [0.717, 1.165) is 17.7 Å². The third-order valence-corrected chi connectivity index (χ3v) is 2.74. The van der Waals surface area contributed by atoms with E-state index in [9.17, 15) is 0 Å². The van der Waals surface area contributed by atoms with Crippen LogP contribution in [-0.2, 0) is 12.8 Å². The number of methoxy groups -OCH3 is 1. The van der Waals surface area contributed by atoms with Crippen LogP contribution in [0.1, 0.15) is 18.4 Å². The monoisotopic (exact) mass is 247 g/mol. The lowest BCUT2D eigenvalue weighted by atomic mass is 10.1. The van der Waals surface area contributed by atoms with Crippen LogP contribution in [0.2, 0.25) is 0 Å². The summed E-state index contributed by atoms with van der Waals surface area (Å²) < 4.78 is 10.5. The molecule has 0 spiro atoms. The number of benzene rings is 1. The van der Waals surface area contributed by atoms with Gasteiger partial charge in [-0.15, -0.1) is 0 Å². The molecule has 0 aliphatic heterocycles. The van der Waals surface area contributed by atoms with Gasteiger partial charge in [-0.25, -0.2) is 0 Å². The van der Waals surface area contributed by atoms with Crippen molar-refractivity contribution in [1.29, 1.82) is 0 Å². The van der Waals surface area contributed by atoms with Crippen LogP contribution in [0.15, 0.2) is 22.7 Å². The van der Waals surface area contributed by atoms with Gasteiger partial charge >= 0.3 is 0 Å². The van der Waals surface area contributed by atoms with E-state index in [-0.39, 0.29) is 0 Å². The first-order valence-electron chi connectivity index (χ1n) is 5.98. The van der Waals surface area contributed by atoms with E-state index < -0.39 is 0 Å². The number of hydrogen-bond donors (Lipinski definition) is 1. The van der Waals surface area contributed by atoms with Crippen molar-refractivity contribution in [3.8, 4) is 17.1 Å². The SMILES string of the molecule is CCc1ccc(OC)c(-c2noc(CCN)n2)c1. The van der Waals surface area contributed by atoms with Crippen molar-refractivity contribution in [1.82, 2.24) is 10.1 Å². The van der Waals surface area contributed by atoms with Crippen LogP contribution >= 0.6 is 0 Å². The van der Waals surface area contributed by atoms with E-state index >= 15 is 0 Å². The third kappa shape index (κ3) is 2.51. The second kappa shape index (κ2) is 5.64. The zero-order valence-electron chi connectivity index (χ0n) is 10.6. The molecule has 0 radical (unpaired) electrons. The highest BCUT2D eigenvalue weighted by atomic mass is 16.5. The van der Waals surface area contributed by atoms with Crippen molar-refractivity contribution in [2.24, 2.45) is 5.73 Å². The summed E-state index contributed by atoms with van der Waals surface area (Å²) in [4.78, 5) is 4.32. The molecule has 0 fully saturated rings. The van der Waals surface area contributed by atoms with Crippen LogP contribution in [0.5, 0.6) is 5.75 Å². The lowest BCUT2D eigenvalue weighted by Gasteiger charge is -2.06. The van der Waals surface area contributed by atoms with E-state index in [2.05, 4.69) is 17.1 Å². The van der Waals surface area contributed by atoms with E-state index in [1.54, 1.807) is 7.11 Å². The maximum absolute atomic E-state index is 5.46. The lowest BCUT2D eigenvalue weighted by molar-refractivity contribution is 0.379. The van der Waals surface area contributed by atoms with E-state index in [1.165, 1.54) is 5.56 Å². The molecule has 18 heavy (non-hydrogen) atoms. The fourth-order valence-corrected chi connectivity index (χ4v) is 1.74. The Balaban J connectivity index is 2.40. The van der Waals surface area contributed by atoms with Crippen LogP contribution in [0.3, 0.4) is 0 Å². The topological polar surface area (TPSA) is 74.2 Å². The minimum atomic E-state index is 0.494. The highest BCUT2D eigenvalue weighted by Crippen LogP contribution is 2.29. The van der Waals surface area contributed by atoms with Gasteiger partial charge < -0.3 is 15.0 Å². The van der Waals surface area contributed by atoms with Gasteiger partial charge in [-0.1, -0.05) is 18.1 Å². The molecule has 2 rings (SSSR count). The first-order valence-corrected chi connectivity index (χ1v) is 5.98. The van der Waals surface area contributed by atoms with Crippen molar-refractivity contribution in [3.63, 3.8) is 0 Å². The van der Waals surface area contributed by atoms with Crippen molar-refractivity contribution >= 4 is 0 Å². The van der Waals surface area contributed by atoms with E-state index in [4.69, 9.17) is 15.0 Å². The fourth-order valence-electron chi connectivity index (χ4n) is 1.74. The molecular weight excluding hydrogens is 230 g/mol. The van der Waals surface area contributed by atoms with Gasteiger partial charge in [0, 0.05) is 13.0 Å². The summed E-state index contributed by atoms with van der Waals surface area (Å²) >= 11 is 0. The van der Waals surface area contributed by atoms with Crippen LogP contribution in [-0.4, -0.2) is 23.8 Å². The van der Waals surface area contributed by atoms with Crippen molar-refractivity contribution < 1.29 is 9.26 Å². The zero-order valence-corrected chi connectivity index (χ0v) is 10.6.